The molecule has 0 amide bonds. The van der Waals surface area contributed by atoms with E-state index in [4.69, 9.17) is 0 Å². The summed E-state index contributed by atoms with van der Waals surface area (Å²) < 4.78 is 1.14. The molecular formula is C19H23BrN4. The zero-order valence-electron chi connectivity index (χ0n) is 14.1. The number of nitrogens with one attached hydrogen (secondary N) is 2. The van der Waals surface area contributed by atoms with Crippen molar-refractivity contribution in [3.8, 4) is 0 Å². The van der Waals surface area contributed by atoms with Crippen molar-refractivity contribution in [1.29, 1.82) is 0 Å². The number of aryl methyl sites for hydroxylation is 1. The molecule has 0 unspecified atom stereocenters. The molecule has 2 N–H and O–H groups in total. The molecule has 1 aliphatic rings. The summed E-state index contributed by atoms with van der Waals surface area (Å²) >= 11 is 3.57. The third-order valence-corrected chi connectivity index (χ3v) is 5.03. The van der Waals surface area contributed by atoms with Gasteiger partial charge in [-0.05, 0) is 49.1 Å². The highest BCUT2D eigenvalue weighted by atomic mass is 79.9. The summed E-state index contributed by atoms with van der Waals surface area (Å²) in [5, 5.41) is 6.83. The summed E-state index contributed by atoms with van der Waals surface area (Å²) in [4.78, 5) is 8.65. The number of hydrogen-bond donors (Lipinski definition) is 2. The highest BCUT2D eigenvalue weighted by molar-refractivity contribution is 9.10. The first-order valence-corrected chi connectivity index (χ1v) is 9.03. The van der Waals surface area contributed by atoms with Gasteiger partial charge in [-0.1, -0.05) is 34.1 Å². The molecule has 1 fully saturated rings. The molecule has 2 aromatic rings. The van der Waals surface area contributed by atoms with Crippen molar-refractivity contribution in [1.82, 2.24) is 15.6 Å². The highest BCUT2D eigenvalue weighted by Gasteiger charge is 2.44. The van der Waals surface area contributed by atoms with E-state index in [0.717, 1.165) is 34.8 Å². The minimum atomic E-state index is 0.243. The number of hydrogen-bond acceptors (Lipinski definition) is 2. The van der Waals surface area contributed by atoms with Crippen LogP contribution in [0.2, 0.25) is 0 Å². The van der Waals surface area contributed by atoms with Crippen LogP contribution in [0.25, 0.3) is 0 Å². The van der Waals surface area contributed by atoms with Gasteiger partial charge in [0.25, 0.3) is 0 Å². The molecule has 0 atom stereocenters. The molecule has 1 heterocycles. The topological polar surface area (TPSA) is 49.3 Å². The van der Waals surface area contributed by atoms with E-state index in [1.54, 1.807) is 7.05 Å². The van der Waals surface area contributed by atoms with Gasteiger partial charge in [-0.2, -0.15) is 0 Å². The standard InChI is InChI=1S/C19H23BrN4/c1-14-6-7-15(11-22-14)12-23-18(21-2)24-13-19(8-9-19)16-4-3-5-17(20)10-16/h3-7,10-11H,8-9,12-13H2,1-2H3,(H2,21,23,24). The summed E-state index contributed by atoms with van der Waals surface area (Å²) in [6.45, 7) is 3.61. The van der Waals surface area contributed by atoms with Crippen molar-refractivity contribution in [2.24, 2.45) is 4.99 Å². The van der Waals surface area contributed by atoms with Crippen molar-refractivity contribution in [2.75, 3.05) is 13.6 Å². The SMILES string of the molecule is CN=C(NCc1ccc(C)nc1)NCC1(c2cccc(Br)c2)CC1. The van der Waals surface area contributed by atoms with E-state index in [0.29, 0.717) is 0 Å². The lowest BCUT2D eigenvalue weighted by Gasteiger charge is -2.19. The summed E-state index contributed by atoms with van der Waals surface area (Å²) in [6, 6.07) is 12.7. The number of nitrogens with zero attached hydrogens (tertiary/aromatic N) is 2. The fourth-order valence-electron chi connectivity index (χ4n) is 2.80. The maximum absolute atomic E-state index is 4.33. The molecule has 1 aromatic carbocycles. The third kappa shape index (κ3) is 4.15. The zero-order valence-corrected chi connectivity index (χ0v) is 15.7. The van der Waals surface area contributed by atoms with Crippen LogP contribution in [0.3, 0.4) is 0 Å². The van der Waals surface area contributed by atoms with E-state index in [9.17, 15) is 0 Å². The largest absolute Gasteiger partial charge is 0.356 e. The lowest BCUT2D eigenvalue weighted by atomic mass is 9.96. The van der Waals surface area contributed by atoms with Gasteiger partial charge in [-0.25, -0.2) is 0 Å². The molecular weight excluding hydrogens is 364 g/mol. The Hall–Kier alpha value is -1.88. The average molecular weight is 387 g/mol. The Morgan fingerprint density at radius 1 is 1.25 bits per heavy atom. The monoisotopic (exact) mass is 386 g/mol. The Labute approximate surface area is 151 Å². The van der Waals surface area contributed by atoms with Crippen molar-refractivity contribution in [3.05, 3.63) is 63.9 Å². The van der Waals surface area contributed by atoms with Crippen molar-refractivity contribution >= 4 is 21.9 Å². The molecule has 1 aliphatic carbocycles. The molecule has 0 aliphatic heterocycles. The molecule has 24 heavy (non-hydrogen) atoms. The molecule has 3 rings (SSSR count). The van der Waals surface area contributed by atoms with Crippen LogP contribution in [0.5, 0.6) is 0 Å². The summed E-state index contributed by atoms with van der Waals surface area (Å²) in [5.74, 6) is 0.830. The molecule has 4 nitrogen and oxygen atoms in total. The summed E-state index contributed by atoms with van der Waals surface area (Å²) in [7, 11) is 1.81. The minimum Gasteiger partial charge on any atom is -0.356 e. The maximum atomic E-state index is 4.33. The predicted octanol–water partition coefficient (Wildman–Crippen LogP) is 3.55. The van der Waals surface area contributed by atoms with Gasteiger partial charge in [0.2, 0.25) is 0 Å². The van der Waals surface area contributed by atoms with Crippen molar-refractivity contribution in [2.45, 2.75) is 31.7 Å². The van der Waals surface area contributed by atoms with E-state index < -0.39 is 0 Å². The lowest BCUT2D eigenvalue weighted by molar-refractivity contribution is 0.645. The van der Waals surface area contributed by atoms with Crippen LogP contribution in [0.4, 0.5) is 0 Å². The average Bonchev–Trinajstić information content (AvgIpc) is 3.38. The van der Waals surface area contributed by atoms with E-state index in [1.807, 2.05) is 19.2 Å². The second-order valence-electron chi connectivity index (χ2n) is 6.38. The van der Waals surface area contributed by atoms with Crippen molar-refractivity contribution < 1.29 is 0 Å². The molecule has 0 saturated heterocycles. The van der Waals surface area contributed by atoms with Crippen LogP contribution < -0.4 is 10.6 Å². The quantitative estimate of drug-likeness (QED) is 0.610. The first kappa shape index (κ1) is 17.0. The van der Waals surface area contributed by atoms with Crippen LogP contribution >= 0.6 is 15.9 Å². The van der Waals surface area contributed by atoms with E-state index >= 15 is 0 Å². The van der Waals surface area contributed by atoms with Crippen LogP contribution in [0, 0.1) is 6.92 Å². The van der Waals surface area contributed by atoms with Gasteiger partial charge in [-0.3, -0.25) is 9.98 Å². The Kier molecular flexibility index (Phi) is 5.19. The maximum Gasteiger partial charge on any atom is 0.191 e. The number of benzene rings is 1. The molecule has 1 aromatic heterocycles. The summed E-state index contributed by atoms with van der Waals surface area (Å²) in [6.07, 6.45) is 4.34. The predicted molar refractivity (Wildman–Crippen MR) is 102 cm³/mol. The van der Waals surface area contributed by atoms with Crippen LogP contribution in [0.1, 0.15) is 29.7 Å². The Morgan fingerprint density at radius 2 is 2.08 bits per heavy atom. The number of halogens is 1. The second-order valence-corrected chi connectivity index (χ2v) is 7.29. The first-order chi connectivity index (χ1) is 11.6. The third-order valence-electron chi connectivity index (χ3n) is 4.54. The number of pyridine rings is 1. The lowest BCUT2D eigenvalue weighted by Crippen LogP contribution is -2.40. The number of rotatable bonds is 5. The Morgan fingerprint density at radius 3 is 2.71 bits per heavy atom. The van der Waals surface area contributed by atoms with Gasteiger partial charge in [-0.15, -0.1) is 0 Å². The van der Waals surface area contributed by atoms with Gasteiger partial charge in [0.15, 0.2) is 5.96 Å². The van der Waals surface area contributed by atoms with Crippen molar-refractivity contribution in [3.63, 3.8) is 0 Å². The second kappa shape index (κ2) is 7.34. The molecule has 0 radical (unpaired) electrons. The zero-order chi connectivity index (χ0) is 17.0. The number of guanidine groups is 1. The first-order valence-electron chi connectivity index (χ1n) is 8.23. The van der Waals surface area contributed by atoms with Crippen LogP contribution in [-0.4, -0.2) is 24.5 Å². The smallest absolute Gasteiger partial charge is 0.191 e. The molecule has 126 valence electrons. The van der Waals surface area contributed by atoms with Gasteiger partial charge in [0, 0.05) is 41.9 Å². The fourth-order valence-corrected chi connectivity index (χ4v) is 3.20. The molecule has 5 heteroatoms. The molecule has 0 bridgehead atoms. The number of aliphatic imine (C=N–C) groups is 1. The van der Waals surface area contributed by atoms with Gasteiger partial charge >= 0.3 is 0 Å². The van der Waals surface area contributed by atoms with Gasteiger partial charge < -0.3 is 10.6 Å². The van der Waals surface area contributed by atoms with Gasteiger partial charge in [0.1, 0.15) is 0 Å². The van der Waals surface area contributed by atoms with E-state index in [-0.39, 0.29) is 5.41 Å². The summed E-state index contributed by atoms with van der Waals surface area (Å²) in [5.41, 5.74) is 3.82. The number of aromatic nitrogens is 1. The fraction of sp³-hybridized carbons (Fsp3) is 0.368. The van der Waals surface area contributed by atoms with E-state index in [2.05, 4.69) is 66.9 Å². The Bertz CT molecular complexity index is 720. The minimum absolute atomic E-state index is 0.243. The molecule has 1 saturated carbocycles. The highest BCUT2D eigenvalue weighted by Crippen LogP contribution is 2.48. The normalized spacial score (nSPS) is 15.9. The van der Waals surface area contributed by atoms with Gasteiger partial charge in [0.05, 0.1) is 0 Å². The van der Waals surface area contributed by atoms with Crippen LogP contribution in [-0.2, 0) is 12.0 Å². The van der Waals surface area contributed by atoms with E-state index in [1.165, 1.54) is 18.4 Å². The Balaban J connectivity index is 1.55. The van der Waals surface area contributed by atoms with Crippen LogP contribution in [0.15, 0.2) is 52.1 Å². The molecule has 0 spiro atoms.